The predicted octanol–water partition coefficient (Wildman–Crippen LogP) is 4.70. The molecule has 0 aromatic heterocycles. The number of amides is 2. The molecule has 0 saturated carbocycles. The summed E-state index contributed by atoms with van der Waals surface area (Å²) in [6, 6.07) is 12.7. The largest absolute Gasteiger partial charge is 0.484 e. The highest BCUT2D eigenvalue weighted by atomic mass is 35.5. The number of benzene rings is 2. The predicted molar refractivity (Wildman–Crippen MR) is 119 cm³/mol. The van der Waals surface area contributed by atoms with E-state index < -0.39 is 0 Å². The average Bonchev–Trinajstić information content (AvgIpc) is 3.01. The third-order valence-electron chi connectivity index (χ3n) is 5.12. The zero-order valence-corrected chi connectivity index (χ0v) is 18.6. The van der Waals surface area contributed by atoms with Crippen LogP contribution in [0.15, 0.2) is 42.5 Å². The first-order valence-corrected chi connectivity index (χ1v) is 11.0. The van der Waals surface area contributed by atoms with Gasteiger partial charge in [-0.1, -0.05) is 48.7 Å². The van der Waals surface area contributed by atoms with Crippen LogP contribution in [0.4, 0.5) is 0 Å². The lowest BCUT2D eigenvalue weighted by atomic mass is 10.1. The number of nitrogens with zero attached hydrogens (tertiary/aromatic N) is 2. The van der Waals surface area contributed by atoms with Crippen molar-refractivity contribution in [1.29, 1.82) is 0 Å². The number of rotatable bonds is 6. The van der Waals surface area contributed by atoms with Crippen LogP contribution in [0.2, 0.25) is 10.0 Å². The number of ether oxygens (including phenoxy) is 1. The van der Waals surface area contributed by atoms with Gasteiger partial charge in [0.25, 0.3) is 11.8 Å². The van der Waals surface area contributed by atoms with Crippen LogP contribution in [0.1, 0.15) is 35.7 Å². The molecular formula is C23H26Cl2N2O3. The van der Waals surface area contributed by atoms with E-state index >= 15 is 0 Å². The van der Waals surface area contributed by atoms with Gasteiger partial charge in [0, 0.05) is 31.2 Å². The van der Waals surface area contributed by atoms with Gasteiger partial charge in [0.15, 0.2) is 6.61 Å². The zero-order valence-electron chi connectivity index (χ0n) is 17.1. The normalized spacial score (nSPS) is 14.4. The van der Waals surface area contributed by atoms with Gasteiger partial charge in [0.2, 0.25) is 0 Å². The third kappa shape index (κ3) is 5.89. The summed E-state index contributed by atoms with van der Waals surface area (Å²) in [6.45, 7) is 4.18. The standard InChI is InChI=1S/C23H26Cl2N2O3/c1-2-4-17-5-8-19(9-6-17)30-16-22(28)26-11-3-12-27(14-13-26)23(29)20-15-18(24)7-10-21(20)25/h5-10,15H,2-4,11-14,16H2,1H3. The quantitative estimate of drug-likeness (QED) is 0.643. The summed E-state index contributed by atoms with van der Waals surface area (Å²) in [5.74, 6) is 0.438. The topological polar surface area (TPSA) is 49.9 Å². The summed E-state index contributed by atoms with van der Waals surface area (Å²) in [4.78, 5) is 28.9. The van der Waals surface area contributed by atoms with Crippen LogP contribution in [0.3, 0.4) is 0 Å². The van der Waals surface area contributed by atoms with Gasteiger partial charge in [-0.25, -0.2) is 0 Å². The fourth-order valence-electron chi connectivity index (χ4n) is 3.48. The molecule has 2 aromatic carbocycles. The molecule has 30 heavy (non-hydrogen) atoms. The molecule has 1 saturated heterocycles. The Balaban J connectivity index is 1.53. The smallest absolute Gasteiger partial charge is 0.260 e. The molecule has 5 nitrogen and oxygen atoms in total. The van der Waals surface area contributed by atoms with Gasteiger partial charge in [-0.2, -0.15) is 0 Å². The number of carbonyl (C=O) groups excluding carboxylic acids is 2. The number of hydrogen-bond donors (Lipinski definition) is 0. The lowest BCUT2D eigenvalue weighted by molar-refractivity contribution is -0.133. The Hall–Kier alpha value is -2.24. The maximum Gasteiger partial charge on any atom is 0.260 e. The minimum atomic E-state index is -0.166. The molecule has 0 N–H and O–H groups in total. The molecule has 1 aliphatic rings. The summed E-state index contributed by atoms with van der Waals surface area (Å²) in [5, 5.41) is 0.842. The summed E-state index contributed by atoms with van der Waals surface area (Å²) in [6.07, 6.45) is 2.82. The number of aryl methyl sites for hydroxylation is 1. The van der Waals surface area contributed by atoms with E-state index in [1.807, 2.05) is 24.3 Å². The minimum absolute atomic E-state index is 0.0127. The van der Waals surface area contributed by atoms with Gasteiger partial charge in [-0.15, -0.1) is 0 Å². The molecule has 1 fully saturated rings. The first-order valence-electron chi connectivity index (χ1n) is 10.2. The van der Waals surface area contributed by atoms with Crippen molar-refractivity contribution in [2.24, 2.45) is 0 Å². The molecule has 0 radical (unpaired) electrons. The van der Waals surface area contributed by atoms with Gasteiger partial charge < -0.3 is 14.5 Å². The second-order valence-corrected chi connectivity index (χ2v) is 8.18. The van der Waals surface area contributed by atoms with Crippen molar-refractivity contribution < 1.29 is 14.3 Å². The lowest BCUT2D eigenvalue weighted by Crippen LogP contribution is -2.39. The number of hydrogen-bond acceptors (Lipinski definition) is 3. The number of carbonyl (C=O) groups is 2. The van der Waals surface area contributed by atoms with Gasteiger partial charge in [0.1, 0.15) is 5.75 Å². The molecule has 0 spiro atoms. The van der Waals surface area contributed by atoms with Crippen LogP contribution < -0.4 is 4.74 Å². The highest BCUT2D eigenvalue weighted by molar-refractivity contribution is 6.35. The SMILES string of the molecule is CCCc1ccc(OCC(=O)N2CCCN(C(=O)c3cc(Cl)ccc3Cl)CC2)cc1. The summed E-state index contributed by atoms with van der Waals surface area (Å²) in [5.41, 5.74) is 1.65. The molecule has 0 bridgehead atoms. The second-order valence-electron chi connectivity index (χ2n) is 7.33. The van der Waals surface area contributed by atoms with Gasteiger partial charge in [-0.3, -0.25) is 9.59 Å². The van der Waals surface area contributed by atoms with Crippen molar-refractivity contribution >= 4 is 35.0 Å². The molecule has 0 atom stereocenters. The summed E-state index contributed by atoms with van der Waals surface area (Å²) in [7, 11) is 0. The van der Waals surface area contributed by atoms with Crippen molar-refractivity contribution in [3.8, 4) is 5.75 Å². The highest BCUT2D eigenvalue weighted by Crippen LogP contribution is 2.23. The fourth-order valence-corrected chi connectivity index (χ4v) is 3.85. The van der Waals surface area contributed by atoms with Crippen molar-refractivity contribution in [3.05, 3.63) is 63.6 Å². The molecule has 3 rings (SSSR count). The molecule has 1 aliphatic heterocycles. The summed E-state index contributed by atoms with van der Waals surface area (Å²) < 4.78 is 5.66. The van der Waals surface area contributed by atoms with E-state index in [0.29, 0.717) is 54.0 Å². The first kappa shape index (κ1) is 22.4. The highest BCUT2D eigenvalue weighted by Gasteiger charge is 2.24. The molecule has 2 aromatic rings. The Kier molecular flexibility index (Phi) is 8.00. The Morgan fingerprint density at radius 1 is 0.967 bits per heavy atom. The van der Waals surface area contributed by atoms with E-state index in [2.05, 4.69) is 6.92 Å². The van der Waals surface area contributed by atoms with Crippen molar-refractivity contribution in [1.82, 2.24) is 9.80 Å². The van der Waals surface area contributed by atoms with Crippen LogP contribution in [-0.4, -0.2) is 54.4 Å². The maximum atomic E-state index is 12.8. The molecule has 7 heteroatoms. The zero-order chi connectivity index (χ0) is 21.5. The van der Waals surface area contributed by atoms with Gasteiger partial charge in [-0.05, 0) is 48.7 Å². The Morgan fingerprint density at radius 3 is 2.40 bits per heavy atom. The van der Waals surface area contributed by atoms with Crippen LogP contribution in [0, 0.1) is 0 Å². The van der Waals surface area contributed by atoms with Crippen LogP contribution in [0.5, 0.6) is 5.75 Å². The first-order chi connectivity index (χ1) is 14.5. The van der Waals surface area contributed by atoms with E-state index in [0.717, 1.165) is 12.8 Å². The number of halogens is 2. The second kappa shape index (κ2) is 10.7. The fraction of sp³-hybridized carbons (Fsp3) is 0.391. The minimum Gasteiger partial charge on any atom is -0.484 e. The van der Waals surface area contributed by atoms with Crippen LogP contribution in [-0.2, 0) is 11.2 Å². The lowest BCUT2D eigenvalue weighted by Gasteiger charge is -2.22. The van der Waals surface area contributed by atoms with Gasteiger partial charge in [0.05, 0.1) is 10.6 Å². The third-order valence-corrected chi connectivity index (χ3v) is 5.68. The molecule has 160 valence electrons. The van der Waals surface area contributed by atoms with Crippen molar-refractivity contribution in [3.63, 3.8) is 0 Å². The maximum absolute atomic E-state index is 12.8. The molecule has 0 aliphatic carbocycles. The van der Waals surface area contributed by atoms with E-state index in [1.165, 1.54) is 5.56 Å². The van der Waals surface area contributed by atoms with E-state index in [1.54, 1.807) is 28.0 Å². The Bertz CT molecular complexity index is 887. The Morgan fingerprint density at radius 2 is 1.67 bits per heavy atom. The molecule has 1 heterocycles. The average molecular weight is 449 g/mol. The van der Waals surface area contributed by atoms with Crippen molar-refractivity contribution in [2.45, 2.75) is 26.2 Å². The Labute approximate surface area is 187 Å². The monoisotopic (exact) mass is 448 g/mol. The van der Waals surface area contributed by atoms with Crippen molar-refractivity contribution in [2.75, 3.05) is 32.8 Å². The van der Waals surface area contributed by atoms with Crippen LogP contribution >= 0.6 is 23.2 Å². The molecular weight excluding hydrogens is 423 g/mol. The van der Waals surface area contributed by atoms with E-state index in [4.69, 9.17) is 27.9 Å². The van der Waals surface area contributed by atoms with Crippen LogP contribution in [0.25, 0.3) is 0 Å². The molecule has 0 unspecified atom stereocenters. The molecule has 2 amide bonds. The van der Waals surface area contributed by atoms with E-state index in [-0.39, 0.29) is 18.4 Å². The van der Waals surface area contributed by atoms with E-state index in [9.17, 15) is 9.59 Å². The summed E-state index contributed by atoms with van der Waals surface area (Å²) >= 11 is 12.2. The van der Waals surface area contributed by atoms with Gasteiger partial charge >= 0.3 is 0 Å².